The summed E-state index contributed by atoms with van der Waals surface area (Å²) >= 11 is 0. The minimum absolute atomic E-state index is 0.181. The van der Waals surface area contributed by atoms with Gasteiger partial charge in [0.25, 0.3) is 0 Å². The Morgan fingerprint density at radius 3 is 2.43 bits per heavy atom. The van der Waals surface area contributed by atoms with E-state index in [0.717, 1.165) is 22.1 Å². The molecule has 3 aromatic rings. The van der Waals surface area contributed by atoms with Crippen LogP contribution in [0.3, 0.4) is 0 Å². The third-order valence-corrected chi connectivity index (χ3v) is 4.09. The van der Waals surface area contributed by atoms with Gasteiger partial charge in [0, 0.05) is 0 Å². The standard InChI is InChI=1S/C21H20O2/c1-3-23-20(22)14-18-13-17-11-7-8-12-19(17)15(2)21(18)16-9-5-4-6-10-16/h4-13H,3,14H2,1-2H3. The number of carbonyl (C=O) groups is 1. The van der Waals surface area contributed by atoms with E-state index in [-0.39, 0.29) is 5.97 Å². The van der Waals surface area contributed by atoms with E-state index in [1.807, 2.05) is 31.2 Å². The molecular weight excluding hydrogens is 284 g/mol. The Labute approximate surface area is 136 Å². The molecule has 2 heteroatoms. The van der Waals surface area contributed by atoms with Crippen molar-refractivity contribution in [2.24, 2.45) is 0 Å². The van der Waals surface area contributed by atoms with Gasteiger partial charge in [-0.1, -0.05) is 54.6 Å². The summed E-state index contributed by atoms with van der Waals surface area (Å²) in [7, 11) is 0. The molecule has 0 fully saturated rings. The summed E-state index contributed by atoms with van der Waals surface area (Å²) in [6.45, 7) is 4.37. The fraction of sp³-hybridized carbons (Fsp3) is 0.190. The average molecular weight is 304 g/mol. The van der Waals surface area contributed by atoms with Crippen molar-refractivity contribution in [3.63, 3.8) is 0 Å². The van der Waals surface area contributed by atoms with Crippen LogP contribution in [0, 0.1) is 6.92 Å². The van der Waals surface area contributed by atoms with E-state index in [1.54, 1.807) is 0 Å². The van der Waals surface area contributed by atoms with E-state index in [1.165, 1.54) is 10.9 Å². The first-order valence-electron chi connectivity index (χ1n) is 7.93. The van der Waals surface area contributed by atoms with Crippen molar-refractivity contribution in [3.8, 4) is 11.1 Å². The van der Waals surface area contributed by atoms with Gasteiger partial charge in [0.2, 0.25) is 0 Å². The maximum absolute atomic E-state index is 12.0. The molecule has 0 bridgehead atoms. The molecule has 0 aliphatic carbocycles. The van der Waals surface area contributed by atoms with E-state index in [9.17, 15) is 4.79 Å². The van der Waals surface area contributed by atoms with Crippen LogP contribution < -0.4 is 0 Å². The highest BCUT2D eigenvalue weighted by Gasteiger charge is 2.15. The molecule has 3 aromatic carbocycles. The minimum Gasteiger partial charge on any atom is -0.466 e. The highest BCUT2D eigenvalue weighted by atomic mass is 16.5. The van der Waals surface area contributed by atoms with Crippen molar-refractivity contribution < 1.29 is 9.53 Å². The Morgan fingerprint density at radius 2 is 1.70 bits per heavy atom. The number of hydrogen-bond donors (Lipinski definition) is 0. The number of carbonyl (C=O) groups excluding carboxylic acids is 1. The first-order valence-corrected chi connectivity index (χ1v) is 7.93. The van der Waals surface area contributed by atoms with Gasteiger partial charge in [0.05, 0.1) is 13.0 Å². The molecule has 0 heterocycles. The lowest BCUT2D eigenvalue weighted by molar-refractivity contribution is -0.142. The summed E-state index contributed by atoms with van der Waals surface area (Å²) in [6, 6.07) is 20.6. The Balaban J connectivity index is 2.21. The van der Waals surface area contributed by atoms with Crippen LogP contribution in [0.15, 0.2) is 60.7 Å². The van der Waals surface area contributed by atoms with Crippen LogP contribution in [-0.4, -0.2) is 12.6 Å². The van der Waals surface area contributed by atoms with Crippen LogP contribution in [0.4, 0.5) is 0 Å². The van der Waals surface area contributed by atoms with Crippen LogP contribution in [0.5, 0.6) is 0 Å². The Hall–Kier alpha value is -2.61. The van der Waals surface area contributed by atoms with Crippen LogP contribution in [0.2, 0.25) is 0 Å². The molecule has 0 aromatic heterocycles. The SMILES string of the molecule is CCOC(=O)Cc1cc2ccccc2c(C)c1-c1ccccc1. The van der Waals surface area contributed by atoms with Crippen LogP contribution in [0.1, 0.15) is 18.1 Å². The molecule has 0 saturated heterocycles. The minimum atomic E-state index is -0.181. The van der Waals surface area contributed by atoms with E-state index >= 15 is 0 Å². The summed E-state index contributed by atoms with van der Waals surface area (Å²) in [5.41, 5.74) is 4.49. The zero-order valence-electron chi connectivity index (χ0n) is 13.5. The van der Waals surface area contributed by atoms with Gasteiger partial charge in [-0.2, -0.15) is 0 Å². The van der Waals surface area contributed by atoms with Crippen molar-refractivity contribution in [3.05, 3.63) is 71.8 Å². The highest BCUT2D eigenvalue weighted by Crippen LogP contribution is 2.33. The molecule has 3 rings (SSSR count). The van der Waals surface area contributed by atoms with Crippen molar-refractivity contribution >= 4 is 16.7 Å². The third kappa shape index (κ3) is 3.11. The van der Waals surface area contributed by atoms with Crippen LogP contribution in [0.25, 0.3) is 21.9 Å². The molecule has 23 heavy (non-hydrogen) atoms. The zero-order chi connectivity index (χ0) is 16.2. The lowest BCUT2D eigenvalue weighted by atomic mass is 9.89. The average Bonchev–Trinajstić information content (AvgIpc) is 2.56. The molecular formula is C21H20O2. The summed E-state index contributed by atoms with van der Waals surface area (Å²) < 4.78 is 5.15. The lowest BCUT2D eigenvalue weighted by Crippen LogP contribution is -2.09. The maximum atomic E-state index is 12.0. The number of fused-ring (bicyclic) bond motifs is 1. The quantitative estimate of drug-likeness (QED) is 0.639. The number of hydrogen-bond acceptors (Lipinski definition) is 2. The first-order chi connectivity index (χ1) is 11.2. The monoisotopic (exact) mass is 304 g/mol. The van der Waals surface area contributed by atoms with Gasteiger partial charge in [-0.05, 0) is 52.9 Å². The Morgan fingerprint density at radius 1 is 1.00 bits per heavy atom. The van der Waals surface area contributed by atoms with Crippen LogP contribution in [-0.2, 0) is 16.0 Å². The number of aryl methyl sites for hydroxylation is 1. The highest BCUT2D eigenvalue weighted by molar-refractivity contribution is 5.94. The second-order valence-corrected chi connectivity index (χ2v) is 5.60. The van der Waals surface area contributed by atoms with Gasteiger partial charge in [-0.25, -0.2) is 0 Å². The van der Waals surface area contributed by atoms with Gasteiger partial charge in [0.15, 0.2) is 0 Å². The van der Waals surface area contributed by atoms with Crippen LogP contribution >= 0.6 is 0 Å². The van der Waals surface area contributed by atoms with E-state index in [0.29, 0.717) is 13.0 Å². The summed E-state index contributed by atoms with van der Waals surface area (Å²) in [5, 5.41) is 2.38. The molecule has 0 atom stereocenters. The predicted molar refractivity (Wildman–Crippen MR) is 94.5 cm³/mol. The zero-order valence-corrected chi connectivity index (χ0v) is 13.5. The molecule has 0 radical (unpaired) electrons. The Bertz CT molecular complexity index is 835. The topological polar surface area (TPSA) is 26.3 Å². The predicted octanol–water partition coefficient (Wildman–Crippen LogP) is 4.92. The first kappa shape index (κ1) is 15.3. The second kappa shape index (κ2) is 6.66. The number of benzene rings is 3. The van der Waals surface area contributed by atoms with Crippen molar-refractivity contribution in [1.82, 2.24) is 0 Å². The van der Waals surface area contributed by atoms with Gasteiger partial charge in [-0.15, -0.1) is 0 Å². The molecule has 2 nitrogen and oxygen atoms in total. The smallest absolute Gasteiger partial charge is 0.310 e. The summed E-state index contributed by atoms with van der Waals surface area (Å²) in [5.74, 6) is -0.181. The van der Waals surface area contributed by atoms with Gasteiger partial charge >= 0.3 is 5.97 Å². The molecule has 0 amide bonds. The third-order valence-electron chi connectivity index (χ3n) is 4.09. The van der Waals surface area contributed by atoms with E-state index < -0.39 is 0 Å². The largest absolute Gasteiger partial charge is 0.466 e. The molecule has 0 aliphatic rings. The van der Waals surface area contributed by atoms with Gasteiger partial charge in [-0.3, -0.25) is 4.79 Å². The molecule has 0 N–H and O–H groups in total. The molecule has 0 aliphatic heterocycles. The van der Waals surface area contributed by atoms with E-state index in [4.69, 9.17) is 4.74 Å². The summed E-state index contributed by atoms with van der Waals surface area (Å²) in [4.78, 5) is 12.0. The fourth-order valence-electron chi connectivity index (χ4n) is 3.11. The normalized spacial score (nSPS) is 10.7. The molecule has 0 saturated carbocycles. The van der Waals surface area contributed by atoms with Gasteiger partial charge < -0.3 is 4.74 Å². The lowest BCUT2D eigenvalue weighted by Gasteiger charge is -2.16. The van der Waals surface area contributed by atoms with E-state index in [2.05, 4.69) is 43.3 Å². The van der Waals surface area contributed by atoms with Crippen molar-refractivity contribution in [2.75, 3.05) is 6.61 Å². The summed E-state index contributed by atoms with van der Waals surface area (Å²) in [6.07, 6.45) is 0.295. The molecule has 0 spiro atoms. The second-order valence-electron chi connectivity index (χ2n) is 5.60. The van der Waals surface area contributed by atoms with Crippen molar-refractivity contribution in [1.29, 1.82) is 0 Å². The fourth-order valence-corrected chi connectivity index (χ4v) is 3.11. The Kier molecular flexibility index (Phi) is 4.42. The number of rotatable bonds is 4. The van der Waals surface area contributed by atoms with Gasteiger partial charge in [0.1, 0.15) is 0 Å². The maximum Gasteiger partial charge on any atom is 0.310 e. The molecule has 116 valence electrons. The number of ether oxygens (including phenoxy) is 1. The number of esters is 1. The van der Waals surface area contributed by atoms with Crippen molar-refractivity contribution in [2.45, 2.75) is 20.3 Å². The molecule has 0 unspecified atom stereocenters.